The number of aromatic amines is 1. The second kappa shape index (κ2) is 9.23. The number of ether oxygens (including phenoxy) is 1. The van der Waals surface area contributed by atoms with Crippen LogP contribution in [0.4, 0.5) is 11.4 Å². The second-order valence-electron chi connectivity index (χ2n) is 7.34. The lowest BCUT2D eigenvalue weighted by Gasteiger charge is -2.15. The fourth-order valence-electron chi connectivity index (χ4n) is 3.23. The van der Waals surface area contributed by atoms with E-state index in [0.29, 0.717) is 40.8 Å². The predicted molar refractivity (Wildman–Crippen MR) is 123 cm³/mol. The van der Waals surface area contributed by atoms with E-state index in [1.807, 2.05) is 44.1 Å². The number of H-pyrrole nitrogens is 1. The van der Waals surface area contributed by atoms with Crippen LogP contribution in [0.25, 0.3) is 10.9 Å². The molecule has 0 radical (unpaired) electrons. The maximum absolute atomic E-state index is 12.8. The summed E-state index contributed by atoms with van der Waals surface area (Å²) in [6.45, 7) is 2.97. The van der Waals surface area contributed by atoms with Crippen LogP contribution in [-0.4, -0.2) is 43.3 Å². The van der Waals surface area contributed by atoms with Crippen molar-refractivity contribution in [1.82, 2.24) is 9.55 Å². The maximum atomic E-state index is 12.8. The van der Waals surface area contributed by atoms with Gasteiger partial charge in [-0.25, -0.2) is 0 Å². The Balaban J connectivity index is 1.88. The van der Waals surface area contributed by atoms with Gasteiger partial charge in [0.1, 0.15) is 0 Å². The van der Waals surface area contributed by atoms with Gasteiger partial charge in [-0.1, -0.05) is 0 Å². The molecule has 3 rings (SSSR count). The van der Waals surface area contributed by atoms with Crippen molar-refractivity contribution >= 4 is 40.4 Å². The van der Waals surface area contributed by atoms with Crippen LogP contribution in [0, 0.1) is 11.7 Å². The lowest BCUT2D eigenvalue weighted by molar-refractivity contribution is 0.102. The number of hydrogen-bond donors (Lipinski definition) is 2. The Labute approximate surface area is 180 Å². The number of aromatic nitrogens is 2. The molecule has 0 aliphatic carbocycles. The third kappa shape index (κ3) is 4.60. The van der Waals surface area contributed by atoms with Gasteiger partial charge in [0.05, 0.1) is 10.9 Å². The number of benzene rings is 2. The van der Waals surface area contributed by atoms with E-state index in [4.69, 9.17) is 17.0 Å². The average molecular weight is 427 g/mol. The van der Waals surface area contributed by atoms with E-state index in [0.717, 1.165) is 16.9 Å². The Morgan fingerprint density at radius 1 is 1.23 bits per heavy atom. The number of nitrogens with one attached hydrogen (secondary N) is 2. The van der Waals surface area contributed by atoms with Gasteiger partial charge in [-0.05, 0) is 67.5 Å². The van der Waals surface area contributed by atoms with E-state index in [-0.39, 0.29) is 11.5 Å². The number of fused-ring (bicyclic) bond motifs is 1. The zero-order valence-electron chi connectivity index (χ0n) is 17.6. The number of aryl methyl sites for hydroxylation is 1. The molecule has 0 aliphatic heterocycles. The van der Waals surface area contributed by atoms with Crippen LogP contribution in [0.15, 0.2) is 41.2 Å². The summed E-state index contributed by atoms with van der Waals surface area (Å²) >= 11 is 5.34. The van der Waals surface area contributed by atoms with Gasteiger partial charge in [0.15, 0.2) is 4.77 Å². The molecule has 2 aromatic carbocycles. The van der Waals surface area contributed by atoms with Gasteiger partial charge in [-0.15, -0.1) is 0 Å². The average Bonchev–Trinajstić information content (AvgIpc) is 2.71. The van der Waals surface area contributed by atoms with Crippen molar-refractivity contribution in [1.29, 1.82) is 0 Å². The molecule has 0 spiro atoms. The van der Waals surface area contributed by atoms with Crippen LogP contribution in [0.3, 0.4) is 0 Å². The molecule has 158 valence electrons. The zero-order valence-corrected chi connectivity index (χ0v) is 18.4. The highest BCUT2D eigenvalue weighted by Gasteiger charge is 2.12. The number of amides is 1. The van der Waals surface area contributed by atoms with E-state index in [9.17, 15) is 9.59 Å². The van der Waals surface area contributed by atoms with Crippen molar-refractivity contribution in [3.63, 3.8) is 0 Å². The minimum atomic E-state index is -0.249. The predicted octanol–water partition coefficient (Wildman–Crippen LogP) is 3.72. The summed E-state index contributed by atoms with van der Waals surface area (Å²) in [6, 6.07) is 10.8. The lowest BCUT2D eigenvalue weighted by Crippen LogP contribution is -2.23. The lowest BCUT2D eigenvalue weighted by atomic mass is 10.1. The molecule has 1 amide bonds. The van der Waals surface area contributed by atoms with Gasteiger partial charge in [0.2, 0.25) is 0 Å². The fourth-order valence-corrected chi connectivity index (χ4v) is 3.51. The summed E-state index contributed by atoms with van der Waals surface area (Å²) in [4.78, 5) is 30.6. The van der Waals surface area contributed by atoms with Crippen molar-refractivity contribution < 1.29 is 9.53 Å². The molecule has 0 fully saturated rings. The molecular weight excluding hydrogens is 400 g/mol. The molecule has 2 N–H and O–H groups in total. The summed E-state index contributed by atoms with van der Waals surface area (Å²) in [6.07, 6.45) is 0.686. The topological polar surface area (TPSA) is 79.4 Å². The highest BCUT2D eigenvalue weighted by atomic mass is 32.1. The molecule has 0 bridgehead atoms. The van der Waals surface area contributed by atoms with Crippen LogP contribution >= 0.6 is 12.2 Å². The van der Waals surface area contributed by atoms with Gasteiger partial charge in [-0.3, -0.25) is 14.2 Å². The highest BCUT2D eigenvalue weighted by Crippen LogP contribution is 2.22. The van der Waals surface area contributed by atoms with E-state index in [1.54, 1.807) is 25.3 Å². The largest absolute Gasteiger partial charge is 0.385 e. The van der Waals surface area contributed by atoms with Crippen molar-refractivity contribution in [2.45, 2.75) is 19.9 Å². The Hall–Kier alpha value is -2.97. The molecule has 7 nitrogen and oxygen atoms in total. The quantitative estimate of drug-likeness (QED) is 0.445. The zero-order chi connectivity index (χ0) is 21.8. The molecule has 0 unspecified atom stereocenters. The number of hydrogen-bond acceptors (Lipinski definition) is 5. The fraction of sp³-hybridized carbons (Fsp3) is 0.318. The Kier molecular flexibility index (Phi) is 6.69. The monoisotopic (exact) mass is 426 g/mol. The van der Waals surface area contributed by atoms with E-state index in [2.05, 4.69) is 10.3 Å². The third-order valence-electron chi connectivity index (χ3n) is 4.95. The highest BCUT2D eigenvalue weighted by molar-refractivity contribution is 7.71. The number of anilines is 2. The smallest absolute Gasteiger partial charge is 0.262 e. The van der Waals surface area contributed by atoms with Crippen LogP contribution in [0.1, 0.15) is 22.3 Å². The normalized spacial score (nSPS) is 10.9. The Bertz CT molecular complexity index is 1200. The van der Waals surface area contributed by atoms with Crippen molar-refractivity contribution in [3.8, 4) is 0 Å². The van der Waals surface area contributed by atoms with Crippen molar-refractivity contribution in [3.05, 3.63) is 62.6 Å². The van der Waals surface area contributed by atoms with Crippen LogP contribution < -0.4 is 15.8 Å². The van der Waals surface area contributed by atoms with Gasteiger partial charge >= 0.3 is 0 Å². The molecule has 3 aromatic rings. The minimum absolute atomic E-state index is 0.174. The summed E-state index contributed by atoms with van der Waals surface area (Å²) < 4.78 is 6.89. The van der Waals surface area contributed by atoms with Crippen LogP contribution in [0.2, 0.25) is 0 Å². The number of carbonyl (C=O) groups is 1. The molecule has 0 saturated heterocycles. The summed E-state index contributed by atoms with van der Waals surface area (Å²) in [7, 11) is 5.56. The number of nitrogens with zero attached hydrogens (tertiary/aromatic N) is 2. The molecule has 0 aliphatic rings. The van der Waals surface area contributed by atoms with Crippen LogP contribution in [0.5, 0.6) is 0 Å². The van der Waals surface area contributed by atoms with E-state index >= 15 is 0 Å². The first-order chi connectivity index (χ1) is 14.3. The Morgan fingerprint density at radius 3 is 2.67 bits per heavy atom. The third-order valence-corrected chi connectivity index (χ3v) is 5.27. The first-order valence-electron chi connectivity index (χ1n) is 9.67. The summed E-state index contributed by atoms with van der Waals surface area (Å²) in [5.41, 5.74) is 3.58. The maximum Gasteiger partial charge on any atom is 0.262 e. The number of rotatable bonds is 7. The molecule has 0 saturated carbocycles. The molecule has 1 heterocycles. The van der Waals surface area contributed by atoms with E-state index in [1.165, 1.54) is 4.57 Å². The van der Waals surface area contributed by atoms with Gasteiger partial charge in [-0.2, -0.15) is 0 Å². The van der Waals surface area contributed by atoms with Crippen molar-refractivity contribution in [2.75, 3.05) is 38.0 Å². The molecular formula is C22H26N4O3S. The van der Waals surface area contributed by atoms with E-state index < -0.39 is 0 Å². The van der Waals surface area contributed by atoms with Gasteiger partial charge in [0.25, 0.3) is 11.5 Å². The minimum Gasteiger partial charge on any atom is -0.385 e. The standard InChI is InChI=1S/C22H26N4O3S/c1-14-12-16(25(2)3)7-9-18(14)23-20(27)15-6-8-17-19(13-15)24-22(30)26(21(17)28)10-5-11-29-4/h6-9,12-13H,5,10-11H2,1-4H3,(H,23,27)(H,24,30). The Morgan fingerprint density at radius 2 is 2.00 bits per heavy atom. The SMILES string of the molecule is COCCCn1c(=S)[nH]c2cc(C(=O)Nc3ccc(N(C)C)cc3C)ccc2c1=O. The van der Waals surface area contributed by atoms with Gasteiger partial charge < -0.3 is 19.9 Å². The first kappa shape index (κ1) is 21.7. The first-order valence-corrected chi connectivity index (χ1v) is 10.1. The summed E-state index contributed by atoms with van der Waals surface area (Å²) in [5.74, 6) is -0.249. The summed E-state index contributed by atoms with van der Waals surface area (Å²) in [5, 5.41) is 3.43. The van der Waals surface area contributed by atoms with Crippen LogP contribution in [-0.2, 0) is 11.3 Å². The van der Waals surface area contributed by atoms with Crippen molar-refractivity contribution in [2.24, 2.45) is 0 Å². The molecule has 0 atom stereocenters. The van der Waals surface area contributed by atoms with Gasteiger partial charge in [0, 0.05) is 51.3 Å². The molecule has 30 heavy (non-hydrogen) atoms. The molecule has 1 aromatic heterocycles. The number of methoxy groups -OCH3 is 1. The second-order valence-corrected chi connectivity index (χ2v) is 7.73. The molecule has 8 heteroatoms. The number of carbonyl (C=O) groups excluding carboxylic acids is 1.